The summed E-state index contributed by atoms with van der Waals surface area (Å²) in [5.74, 6) is -2.00. The minimum atomic E-state index is -0.798. The number of hydrogen-bond donors (Lipinski definition) is 3. The third-order valence-corrected chi connectivity index (χ3v) is 10.3. The third kappa shape index (κ3) is 8.53. The smallest absolute Gasteiger partial charge is 0.159 e. The number of halogens is 4. The van der Waals surface area contributed by atoms with Crippen molar-refractivity contribution in [3.8, 4) is 0 Å². The fourth-order valence-corrected chi connectivity index (χ4v) is 7.22. The van der Waals surface area contributed by atoms with Crippen LogP contribution in [0.5, 0.6) is 0 Å². The molecule has 4 nitrogen and oxygen atoms in total. The third-order valence-electron chi connectivity index (χ3n) is 10.3. The normalized spacial score (nSPS) is 22.3. The molecule has 252 valence electrons. The van der Waals surface area contributed by atoms with Gasteiger partial charge in [0, 0.05) is 56.6 Å². The van der Waals surface area contributed by atoms with Gasteiger partial charge in [0.15, 0.2) is 23.3 Å². The molecule has 7 rings (SSSR count). The van der Waals surface area contributed by atoms with Crippen molar-refractivity contribution in [2.75, 3.05) is 19.6 Å². The Morgan fingerprint density at radius 3 is 1.44 bits per heavy atom. The van der Waals surface area contributed by atoms with E-state index in [1.807, 2.05) is 0 Å². The van der Waals surface area contributed by atoms with Crippen LogP contribution >= 0.6 is 0 Å². The van der Waals surface area contributed by atoms with E-state index < -0.39 is 23.3 Å². The van der Waals surface area contributed by atoms with Gasteiger partial charge in [-0.25, -0.2) is 17.6 Å². The Morgan fingerprint density at radius 1 is 0.562 bits per heavy atom. The summed E-state index contributed by atoms with van der Waals surface area (Å²) >= 11 is 0. The van der Waals surface area contributed by atoms with Crippen molar-refractivity contribution in [1.29, 1.82) is 0 Å². The molecule has 3 fully saturated rings. The molecule has 0 radical (unpaired) electrons. The average Bonchev–Trinajstić information content (AvgIpc) is 4.03. The average molecular weight is 657 g/mol. The minimum Gasteiger partial charge on any atom is -0.317 e. The van der Waals surface area contributed by atoms with Gasteiger partial charge in [0.1, 0.15) is 0 Å². The van der Waals surface area contributed by atoms with Gasteiger partial charge in [-0.3, -0.25) is 4.90 Å². The number of piperidine rings is 1. The summed E-state index contributed by atoms with van der Waals surface area (Å²) in [6.07, 6.45) is 4.27. The quantitative estimate of drug-likeness (QED) is 0.123. The molecule has 0 spiro atoms. The highest BCUT2D eigenvalue weighted by Gasteiger charge is 2.39. The van der Waals surface area contributed by atoms with E-state index in [0.717, 1.165) is 69.8 Å². The first kappa shape index (κ1) is 33.0. The summed E-state index contributed by atoms with van der Waals surface area (Å²) in [7, 11) is 0. The van der Waals surface area contributed by atoms with E-state index in [1.165, 1.54) is 59.4 Å². The predicted molar refractivity (Wildman–Crippen MR) is 181 cm³/mol. The van der Waals surface area contributed by atoms with Crippen LogP contribution in [0.15, 0.2) is 84.9 Å². The van der Waals surface area contributed by atoms with E-state index in [2.05, 4.69) is 69.4 Å². The topological polar surface area (TPSA) is 39.3 Å². The number of nitrogens with zero attached hydrogens (tertiary/aromatic N) is 1. The lowest BCUT2D eigenvalue weighted by Gasteiger charge is -2.30. The Labute approximate surface area is 280 Å². The van der Waals surface area contributed by atoms with Crippen LogP contribution in [-0.2, 0) is 26.2 Å². The van der Waals surface area contributed by atoms with Gasteiger partial charge in [-0.1, -0.05) is 60.7 Å². The lowest BCUT2D eigenvalue weighted by Crippen LogP contribution is -2.35. The van der Waals surface area contributed by atoms with Crippen LogP contribution in [0.2, 0.25) is 0 Å². The second-order valence-electron chi connectivity index (χ2n) is 14.0. The molecule has 3 N–H and O–H groups in total. The Bertz CT molecular complexity index is 1560. The summed E-state index contributed by atoms with van der Waals surface area (Å²) in [6, 6.07) is 26.7. The number of hydrogen-bond acceptors (Lipinski definition) is 4. The van der Waals surface area contributed by atoms with Gasteiger partial charge in [0.25, 0.3) is 0 Å². The Balaban J connectivity index is 0.906. The number of nitrogens with one attached hydrogen (secondary N) is 3. The zero-order chi connectivity index (χ0) is 33.0. The summed E-state index contributed by atoms with van der Waals surface area (Å²) in [5.41, 5.74) is 6.72. The van der Waals surface area contributed by atoms with Gasteiger partial charge < -0.3 is 16.0 Å². The molecule has 0 amide bonds. The minimum absolute atomic E-state index is 0.235. The van der Waals surface area contributed by atoms with Crippen molar-refractivity contribution >= 4 is 0 Å². The summed E-state index contributed by atoms with van der Waals surface area (Å²) < 4.78 is 53.9. The molecule has 3 aliphatic rings. The van der Waals surface area contributed by atoms with E-state index in [4.69, 9.17) is 0 Å². The van der Waals surface area contributed by atoms with Crippen molar-refractivity contribution in [2.24, 2.45) is 5.92 Å². The molecule has 0 bridgehead atoms. The second-order valence-corrected chi connectivity index (χ2v) is 14.0. The number of benzene rings is 4. The molecular formula is C40H44F4N4. The SMILES string of the molecule is Fc1ccc(C2CC2NCc2ccc(CN(Cc3ccc(CN[C@@H]4C[C@H]4c4ccc(F)c(F)c4)cc3)CC3CCNCC3)cc2)cc1F. The molecule has 48 heavy (non-hydrogen) atoms. The molecule has 0 aromatic heterocycles. The highest BCUT2D eigenvalue weighted by Crippen LogP contribution is 2.42. The molecule has 8 heteroatoms. The van der Waals surface area contributed by atoms with Gasteiger partial charge in [0.2, 0.25) is 0 Å². The monoisotopic (exact) mass is 656 g/mol. The summed E-state index contributed by atoms with van der Waals surface area (Å²) in [4.78, 5) is 2.57. The van der Waals surface area contributed by atoms with Crippen LogP contribution in [0.25, 0.3) is 0 Å². The first-order chi connectivity index (χ1) is 23.4. The maximum atomic E-state index is 13.7. The zero-order valence-corrected chi connectivity index (χ0v) is 27.2. The number of rotatable bonds is 14. The van der Waals surface area contributed by atoms with Crippen molar-refractivity contribution in [3.05, 3.63) is 142 Å². The molecular weight excluding hydrogens is 612 g/mol. The maximum absolute atomic E-state index is 13.7. The van der Waals surface area contributed by atoms with E-state index in [0.29, 0.717) is 5.92 Å². The molecule has 2 saturated carbocycles. The Hall–Kier alpha value is -3.56. The van der Waals surface area contributed by atoms with Gasteiger partial charge in [0.05, 0.1) is 0 Å². The van der Waals surface area contributed by atoms with Crippen LogP contribution in [0.4, 0.5) is 17.6 Å². The van der Waals surface area contributed by atoms with Crippen molar-refractivity contribution < 1.29 is 17.6 Å². The van der Waals surface area contributed by atoms with Crippen molar-refractivity contribution in [3.63, 3.8) is 0 Å². The predicted octanol–water partition coefficient (Wildman–Crippen LogP) is 7.54. The van der Waals surface area contributed by atoms with E-state index in [-0.39, 0.29) is 23.9 Å². The molecule has 4 aromatic carbocycles. The lowest BCUT2D eigenvalue weighted by atomic mass is 9.97. The summed E-state index contributed by atoms with van der Waals surface area (Å²) in [5, 5.41) is 10.6. The fraction of sp³-hybridized carbons (Fsp3) is 0.400. The van der Waals surface area contributed by atoms with E-state index >= 15 is 0 Å². The van der Waals surface area contributed by atoms with Crippen LogP contribution in [0, 0.1) is 29.2 Å². The van der Waals surface area contributed by atoms with Crippen molar-refractivity contribution in [1.82, 2.24) is 20.9 Å². The highest BCUT2D eigenvalue weighted by atomic mass is 19.2. The van der Waals surface area contributed by atoms with Crippen LogP contribution in [-0.4, -0.2) is 36.6 Å². The largest absolute Gasteiger partial charge is 0.317 e. The van der Waals surface area contributed by atoms with Crippen LogP contribution in [0.1, 0.15) is 70.9 Å². The molecule has 4 aromatic rings. The Morgan fingerprint density at radius 2 is 1.00 bits per heavy atom. The van der Waals surface area contributed by atoms with Crippen LogP contribution in [0.3, 0.4) is 0 Å². The zero-order valence-electron chi connectivity index (χ0n) is 27.2. The first-order valence-corrected chi connectivity index (χ1v) is 17.3. The molecule has 4 atom stereocenters. The van der Waals surface area contributed by atoms with Gasteiger partial charge in [-0.15, -0.1) is 0 Å². The van der Waals surface area contributed by atoms with Crippen molar-refractivity contribution in [2.45, 2.75) is 75.8 Å². The van der Waals surface area contributed by atoms with E-state index in [9.17, 15) is 17.6 Å². The van der Waals surface area contributed by atoms with E-state index in [1.54, 1.807) is 12.1 Å². The second kappa shape index (κ2) is 14.9. The highest BCUT2D eigenvalue weighted by molar-refractivity contribution is 5.31. The van der Waals surface area contributed by atoms with Crippen LogP contribution < -0.4 is 16.0 Å². The fourth-order valence-electron chi connectivity index (χ4n) is 7.22. The molecule has 1 saturated heterocycles. The molecule has 1 heterocycles. The molecule has 2 aliphatic carbocycles. The van der Waals surface area contributed by atoms with Gasteiger partial charge in [-0.2, -0.15) is 0 Å². The maximum Gasteiger partial charge on any atom is 0.159 e. The lowest BCUT2D eigenvalue weighted by molar-refractivity contribution is 0.191. The first-order valence-electron chi connectivity index (χ1n) is 17.3. The summed E-state index contributed by atoms with van der Waals surface area (Å²) in [6.45, 7) is 6.49. The molecule has 1 aliphatic heterocycles. The van der Waals surface area contributed by atoms with Gasteiger partial charge in [-0.05, 0) is 102 Å². The Kier molecular flexibility index (Phi) is 10.2. The standard InChI is InChI=1S/C40H44F4N4/c41-35-11-9-31(17-37(35)43)33-19-39(33)46-21-26-1-5-28(6-2-26)23-48(25-30-13-15-45-16-14-30)24-29-7-3-27(4-8-29)22-47-40-20-34(40)32-10-12-36(42)38(44)18-32/h1-12,17-18,30,33-34,39-40,45-47H,13-16,19-25H2/t33-,34?,39+,40?/m0/s1. The molecule has 2 unspecified atom stereocenters. The van der Waals surface area contributed by atoms with Gasteiger partial charge >= 0.3 is 0 Å².